The zero-order valence-electron chi connectivity index (χ0n) is 19.0. The number of aromatic amines is 1. The molecular weight excluding hydrogens is 461 g/mol. The molecule has 0 amide bonds. The number of halogens is 3. The number of pyridine rings is 1. The van der Waals surface area contributed by atoms with E-state index in [0.717, 1.165) is 51.9 Å². The number of ketones is 1. The first-order valence-corrected chi connectivity index (χ1v) is 11.4. The lowest BCUT2D eigenvalue weighted by Crippen LogP contribution is -2.36. The molecule has 1 aromatic carbocycles. The van der Waals surface area contributed by atoms with Gasteiger partial charge in [0.2, 0.25) is 0 Å². The Kier molecular flexibility index (Phi) is 7.68. The Balaban J connectivity index is 1.40. The fourth-order valence-electron chi connectivity index (χ4n) is 4.12. The second kappa shape index (κ2) is 10.9. The highest BCUT2D eigenvalue weighted by molar-refractivity contribution is 5.87. The highest BCUT2D eigenvalue weighted by Crippen LogP contribution is 2.40. The smallest absolute Gasteiger partial charge is 0.418 e. The first-order chi connectivity index (χ1) is 16.8. The van der Waals surface area contributed by atoms with E-state index in [-0.39, 0.29) is 40.3 Å². The molecule has 0 unspecified atom stereocenters. The van der Waals surface area contributed by atoms with E-state index in [1.165, 1.54) is 18.3 Å². The van der Waals surface area contributed by atoms with Gasteiger partial charge in [-0.05, 0) is 43.1 Å². The molecule has 4 rings (SSSR count). The van der Waals surface area contributed by atoms with E-state index in [9.17, 15) is 23.2 Å². The van der Waals surface area contributed by atoms with Crippen LogP contribution in [0.25, 0.3) is 11.0 Å². The van der Waals surface area contributed by atoms with Gasteiger partial charge in [0.15, 0.2) is 0 Å². The lowest BCUT2D eigenvalue weighted by atomic mass is 10.0. The van der Waals surface area contributed by atoms with Gasteiger partial charge in [0.25, 0.3) is 0 Å². The van der Waals surface area contributed by atoms with Gasteiger partial charge in [0.1, 0.15) is 29.0 Å². The van der Waals surface area contributed by atoms with E-state index in [2.05, 4.69) is 14.9 Å². The number of unbranched alkanes of at least 4 members (excludes halogenated alkanes) is 1. The largest absolute Gasteiger partial charge is 0.455 e. The van der Waals surface area contributed by atoms with Gasteiger partial charge in [-0.2, -0.15) is 18.4 Å². The molecule has 3 aromatic rings. The van der Waals surface area contributed by atoms with Crippen LogP contribution in [-0.2, 0) is 22.1 Å². The van der Waals surface area contributed by atoms with Gasteiger partial charge in [-0.25, -0.2) is 4.98 Å². The van der Waals surface area contributed by atoms with Crippen LogP contribution in [0.2, 0.25) is 0 Å². The topological polar surface area (TPSA) is 91.2 Å². The van der Waals surface area contributed by atoms with E-state index >= 15 is 0 Å². The molecule has 1 fully saturated rings. The van der Waals surface area contributed by atoms with Crippen LogP contribution in [-0.4, -0.2) is 53.5 Å². The summed E-state index contributed by atoms with van der Waals surface area (Å²) in [5.41, 5.74) is -0.0737. The Morgan fingerprint density at radius 1 is 1.20 bits per heavy atom. The monoisotopic (exact) mass is 486 g/mol. The Morgan fingerprint density at radius 2 is 2.00 bits per heavy atom. The van der Waals surface area contributed by atoms with Crippen LogP contribution in [0, 0.1) is 11.3 Å². The molecule has 0 bridgehead atoms. The normalized spacial score (nSPS) is 14.7. The molecule has 1 aliphatic rings. The summed E-state index contributed by atoms with van der Waals surface area (Å²) in [7, 11) is 0. The molecule has 1 N–H and O–H groups in total. The minimum absolute atomic E-state index is 0.0316. The Bertz CT molecular complexity index is 1230. The van der Waals surface area contributed by atoms with Gasteiger partial charge < -0.3 is 14.5 Å². The van der Waals surface area contributed by atoms with E-state index in [4.69, 9.17) is 9.47 Å². The predicted octanol–water partition coefficient (Wildman–Crippen LogP) is 4.86. The van der Waals surface area contributed by atoms with E-state index in [0.29, 0.717) is 12.0 Å². The maximum atomic E-state index is 13.4. The summed E-state index contributed by atoms with van der Waals surface area (Å²) in [4.78, 5) is 21.2. The third-order valence-corrected chi connectivity index (χ3v) is 5.91. The van der Waals surface area contributed by atoms with Crippen molar-refractivity contribution < 1.29 is 27.4 Å². The molecule has 184 valence electrons. The van der Waals surface area contributed by atoms with Gasteiger partial charge in [0.05, 0.1) is 29.7 Å². The van der Waals surface area contributed by atoms with Crippen molar-refractivity contribution in [2.45, 2.75) is 31.9 Å². The molecular formula is C25H25F3N4O3. The van der Waals surface area contributed by atoms with Crippen LogP contribution in [0.1, 0.15) is 36.0 Å². The summed E-state index contributed by atoms with van der Waals surface area (Å²) in [5.74, 6) is 0.114. The van der Waals surface area contributed by atoms with Gasteiger partial charge >= 0.3 is 6.18 Å². The lowest BCUT2D eigenvalue weighted by Gasteiger charge is -2.26. The summed E-state index contributed by atoms with van der Waals surface area (Å²) in [5, 5.41) is 9.37. The van der Waals surface area contributed by atoms with Crippen molar-refractivity contribution in [1.29, 1.82) is 5.26 Å². The van der Waals surface area contributed by atoms with Crippen molar-refractivity contribution in [2.75, 3.05) is 32.8 Å². The average molecular weight is 486 g/mol. The predicted molar refractivity (Wildman–Crippen MR) is 122 cm³/mol. The lowest BCUT2D eigenvalue weighted by molar-refractivity contribution is -0.136. The van der Waals surface area contributed by atoms with Crippen LogP contribution in [0.15, 0.2) is 36.7 Å². The molecule has 0 saturated carbocycles. The van der Waals surface area contributed by atoms with Gasteiger partial charge in [-0.1, -0.05) is 6.07 Å². The molecule has 0 aliphatic carbocycles. The number of alkyl halides is 3. The van der Waals surface area contributed by atoms with Crippen molar-refractivity contribution in [2.24, 2.45) is 0 Å². The number of Topliss-reactive ketones (excluding diaryl/α,β-unsaturated/α-hetero) is 1. The number of hydrogen-bond acceptors (Lipinski definition) is 6. The quantitative estimate of drug-likeness (QED) is 0.435. The second-order valence-corrected chi connectivity index (χ2v) is 8.40. The highest BCUT2D eigenvalue weighted by atomic mass is 19.4. The van der Waals surface area contributed by atoms with Crippen LogP contribution < -0.4 is 4.74 Å². The molecule has 2 aromatic heterocycles. The van der Waals surface area contributed by atoms with Crippen molar-refractivity contribution in [3.05, 3.63) is 53.3 Å². The summed E-state index contributed by atoms with van der Waals surface area (Å²) in [6.07, 6.45) is -0.0723. The summed E-state index contributed by atoms with van der Waals surface area (Å²) < 4.78 is 51.3. The number of morpholine rings is 1. The number of nitrogens with zero attached hydrogens (tertiary/aromatic N) is 3. The van der Waals surface area contributed by atoms with E-state index in [1.54, 1.807) is 12.1 Å². The third kappa shape index (κ3) is 6.18. The average Bonchev–Trinajstić information content (AvgIpc) is 3.29. The van der Waals surface area contributed by atoms with Crippen LogP contribution >= 0.6 is 0 Å². The minimum Gasteiger partial charge on any atom is -0.455 e. The van der Waals surface area contributed by atoms with E-state index in [1.807, 2.05) is 6.07 Å². The fraction of sp³-hybridized carbons (Fsp3) is 0.400. The molecule has 0 atom stereocenters. The van der Waals surface area contributed by atoms with Crippen molar-refractivity contribution >= 4 is 16.8 Å². The Morgan fingerprint density at radius 3 is 2.74 bits per heavy atom. The number of aromatic nitrogens is 2. The third-order valence-electron chi connectivity index (χ3n) is 5.91. The molecule has 0 spiro atoms. The number of benzene rings is 1. The Labute approximate surface area is 200 Å². The Hall–Kier alpha value is -3.42. The number of carbonyl (C=O) groups is 1. The first-order valence-electron chi connectivity index (χ1n) is 11.4. The number of nitrogens with one attached hydrogen (secondary N) is 1. The maximum absolute atomic E-state index is 13.4. The summed E-state index contributed by atoms with van der Waals surface area (Å²) >= 11 is 0. The van der Waals surface area contributed by atoms with Crippen LogP contribution in [0.4, 0.5) is 13.2 Å². The van der Waals surface area contributed by atoms with E-state index < -0.39 is 11.7 Å². The standard InChI is InChI=1S/C25H25F3N4O3/c26-25(27,28)20-16-31-24-23(20)22(6-7-30-24)35-21-5-4-17(13-18(21)15-29)14-19(33)3-1-2-8-32-9-11-34-12-10-32/h4-7,13,16H,1-3,8-12,14H2,(H,30,31). The maximum Gasteiger partial charge on any atom is 0.418 e. The molecule has 10 heteroatoms. The SMILES string of the molecule is N#Cc1cc(CC(=O)CCCCN2CCOCC2)ccc1Oc1ccnc2[nH]cc(C(F)(F)F)c12. The van der Waals surface area contributed by atoms with Crippen LogP contribution in [0.5, 0.6) is 11.5 Å². The molecule has 1 saturated heterocycles. The highest BCUT2D eigenvalue weighted by Gasteiger charge is 2.35. The summed E-state index contributed by atoms with van der Waals surface area (Å²) in [6.45, 7) is 4.29. The van der Waals surface area contributed by atoms with Gasteiger partial charge in [-0.3, -0.25) is 9.69 Å². The molecule has 0 radical (unpaired) electrons. The number of ether oxygens (including phenoxy) is 2. The molecule has 3 heterocycles. The zero-order valence-corrected chi connectivity index (χ0v) is 19.0. The van der Waals surface area contributed by atoms with Gasteiger partial charge in [-0.15, -0.1) is 0 Å². The number of carbonyl (C=O) groups excluding carboxylic acids is 1. The zero-order chi connectivity index (χ0) is 24.8. The number of rotatable bonds is 9. The second-order valence-electron chi connectivity index (χ2n) is 8.40. The van der Waals surface area contributed by atoms with Crippen LogP contribution in [0.3, 0.4) is 0 Å². The van der Waals surface area contributed by atoms with Gasteiger partial charge in [0, 0.05) is 38.3 Å². The number of fused-ring (bicyclic) bond motifs is 1. The van der Waals surface area contributed by atoms with Crippen molar-refractivity contribution in [3.63, 3.8) is 0 Å². The molecule has 7 nitrogen and oxygen atoms in total. The fourth-order valence-corrected chi connectivity index (χ4v) is 4.12. The number of nitriles is 1. The number of hydrogen-bond donors (Lipinski definition) is 1. The van der Waals surface area contributed by atoms with Crippen molar-refractivity contribution in [3.8, 4) is 17.6 Å². The van der Waals surface area contributed by atoms with Crippen molar-refractivity contribution in [1.82, 2.24) is 14.9 Å². The summed E-state index contributed by atoms with van der Waals surface area (Å²) in [6, 6.07) is 8.03. The first kappa shape index (κ1) is 24.7. The number of H-pyrrole nitrogens is 1. The molecule has 35 heavy (non-hydrogen) atoms. The minimum atomic E-state index is -4.59. The molecule has 1 aliphatic heterocycles.